The standard InChI is InChI=1S/C10H10ClN3O2S/c1-2-16-9(15)5-7-3-4-14(13-7)8-6-12-10(11)17-8/h3-4,6H,2,5H2,1H3. The Kier molecular flexibility index (Phi) is 3.75. The first-order chi connectivity index (χ1) is 8.19. The van der Waals surface area contributed by atoms with Crippen LogP contribution >= 0.6 is 22.9 Å². The molecule has 0 aromatic carbocycles. The van der Waals surface area contributed by atoms with E-state index in [0.717, 1.165) is 5.00 Å². The van der Waals surface area contributed by atoms with Gasteiger partial charge in [-0.15, -0.1) is 0 Å². The SMILES string of the molecule is CCOC(=O)Cc1ccn(-c2cnc(Cl)s2)n1. The number of ether oxygens (including phenoxy) is 1. The Balaban J connectivity index is 2.08. The highest BCUT2D eigenvalue weighted by Gasteiger charge is 2.09. The Labute approximate surface area is 107 Å². The predicted octanol–water partition coefficient (Wildman–Crippen LogP) is 2.09. The average Bonchev–Trinajstić information content (AvgIpc) is 2.87. The molecule has 2 rings (SSSR count). The minimum absolute atomic E-state index is 0.174. The molecule has 90 valence electrons. The van der Waals surface area contributed by atoms with Crippen molar-refractivity contribution in [3.63, 3.8) is 0 Å². The van der Waals surface area contributed by atoms with Gasteiger partial charge >= 0.3 is 5.97 Å². The molecule has 0 aliphatic carbocycles. The van der Waals surface area contributed by atoms with Crippen molar-refractivity contribution in [2.45, 2.75) is 13.3 Å². The maximum Gasteiger partial charge on any atom is 0.311 e. The van der Waals surface area contributed by atoms with Gasteiger partial charge in [-0.3, -0.25) is 4.79 Å². The maximum atomic E-state index is 11.3. The van der Waals surface area contributed by atoms with E-state index in [0.29, 0.717) is 16.8 Å². The normalized spacial score (nSPS) is 10.5. The van der Waals surface area contributed by atoms with Crippen molar-refractivity contribution in [2.75, 3.05) is 6.61 Å². The monoisotopic (exact) mass is 271 g/mol. The van der Waals surface area contributed by atoms with E-state index >= 15 is 0 Å². The number of thiazole rings is 1. The van der Waals surface area contributed by atoms with Crippen LogP contribution < -0.4 is 0 Å². The first-order valence-corrected chi connectivity index (χ1v) is 6.20. The molecule has 5 nitrogen and oxygen atoms in total. The lowest BCUT2D eigenvalue weighted by Crippen LogP contribution is -2.08. The van der Waals surface area contributed by atoms with Crippen molar-refractivity contribution < 1.29 is 9.53 Å². The molecule has 0 aliphatic heterocycles. The lowest BCUT2D eigenvalue weighted by atomic mass is 10.3. The summed E-state index contributed by atoms with van der Waals surface area (Å²) in [4.78, 5) is 15.2. The highest BCUT2D eigenvalue weighted by atomic mass is 35.5. The Morgan fingerprint density at radius 2 is 2.47 bits per heavy atom. The van der Waals surface area contributed by atoms with Gasteiger partial charge in [-0.2, -0.15) is 5.10 Å². The fourth-order valence-corrected chi connectivity index (χ4v) is 2.15. The molecule has 2 aromatic rings. The molecule has 17 heavy (non-hydrogen) atoms. The molecule has 0 aliphatic rings. The molecule has 7 heteroatoms. The number of aromatic nitrogens is 3. The van der Waals surface area contributed by atoms with Gasteiger partial charge in [0.1, 0.15) is 5.00 Å². The van der Waals surface area contributed by atoms with Crippen LogP contribution in [0.15, 0.2) is 18.5 Å². The largest absolute Gasteiger partial charge is 0.466 e. The molecule has 0 saturated heterocycles. The van der Waals surface area contributed by atoms with Gasteiger partial charge in [0.05, 0.1) is 24.9 Å². The number of hydrogen-bond donors (Lipinski definition) is 0. The fraction of sp³-hybridized carbons (Fsp3) is 0.300. The lowest BCUT2D eigenvalue weighted by molar-refractivity contribution is -0.142. The summed E-state index contributed by atoms with van der Waals surface area (Å²) in [5.74, 6) is -0.278. The van der Waals surface area contributed by atoms with E-state index in [2.05, 4.69) is 10.1 Å². The first kappa shape index (κ1) is 12.1. The van der Waals surface area contributed by atoms with Crippen LogP contribution in [0.1, 0.15) is 12.6 Å². The molecule has 0 spiro atoms. The van der Waals surface area contributed by atoms with E-state index < -0.39 is 0 Å². The smallest absolute Gasteiger partial charge is 0.311 e. The quantitative estimate of drug-likeness (QED) is 0.799. The van der Waals surface area contributed by atoms with Crippen LogP contribution in [0.25, 0.3) is 5.00 Å². The van der Waals surface area contributed by atoms with Crippen LogP contribution in [-0.2, 0) is 16.0 Å². The fourth-order valence-electron chi connectivity index (χ4n) is 1.29. The Bertz CT molecular complexity index is 523. The minimum atomic E-state index is -0.278. The van der Waals surface area contributed by atoms with E-state index in [1.807, 2.05) is 0 Å². The molecule has 0 unspecified atom stereocenters. The second-order valence-corrected chi connectivity index (χ2v) is 4.78. The third kappa shape index (κ3) is 3.04. The van der Waals surface area contributed by atoms with Gasteiger partial charge in [0.25, 0.3) is 0 Å². The molecule has 0 saturated carbocycles. The zero-order valence-electron chi connectivity index (χ0n) is 9.09. The number of carbonyl (C=O) groups excluding carboxylic acids is 1. The van der Waals surface area contributed by atoms with E-state index in [9.17, 15) is 4.79 Å². The second-order valence-electron chi connectivity index (χ2n) is 3.18. The molecular formula is C10H10ClN3O2S. The summed E-state index contributed by atoms with van der Waals surface area (Å²) in [5, 5.41) is 5.05. The van der Waals surface area contributed by atoms with Crippen LogP contribution in [0.3, 0.4) is 0 Å². The number of nitrogens with zero attached hydrogens (tertiary/aromatic N) is 3. The summed E-state index contributed by atoms with van der Waals surface area (Å²) in [6, 6.07) is 1.77. The van der Waals surface area contributed by atoms with Gasteiger partial charge in [-0.05, 0) is 13.0 Å². The molecule has 0 bridgehead atoms. The zero-order chi connectivity index (χ0) is 12.3. The number of rotatable bonds is 4. The maximum absolute atomic E-state index is 11.3. The number of carbonyl (C=O) groups is 1. The number of hydrogen-bond acceptors (Lipinski definition) is 5. The van der Waals surface area contributed by atoms with Gasteiger partial charge in [0.15, 0.2) is 4.47 Å². The van der Waals surface area contributed by atoms with Gasteiger partial charge in [-0.25, -0.2) is 9.67 Å². The van der Waals surface area contributed by atoms with Crippen molar-refractivity contribution in [1.82, 2.24) is 14.8 Å². The zero-order valence-corrected chi connectivity index (χ0v) is 10.7. The van der Waals surface area contributed by atoms with E-state index in [1.165, 1.54) is 11.3 Å². The number of esters is 1. The van der Waals surface area contributed by atoms with Gasteiger partial charge < -0.3 is 4.74 Å². The Hall–Kier alpha value is -1.40. The van der Waals surface area contributed by atoms with Crippen LogP contribution in [0.5, 0.6) is 0 Å². The minimum Gasteiger partial charge on any atom is -0.466 e. The molecular weight excluding hydrogens is 262 g/mol. The van der Waals surface area contributed by atoms with Crippen LogP contribution in [0, 0.1) is 0 Å². The van der Waals surface area contributed by atoms with Crippen molar-refractivity contribution >= 4 is 28.9 Å². The Morgan fingerprint density at radius 1 is 1.65 bits per heavy atom. The summed E-state index contributed by atoms with van der Waals surface area (Å²) in [5.41, 5.74) is 0.660. The Morgan fingerprint density at radius 3 is 3.12 bits per heavy atom. The van der Waals surface area contributed by atoms with Crippen LogP contribution in [-0.4, -0.2) is 27.3 Å². The first-order valence-electron chi connectivity index (χ1n) is 5.01. The molecule has 0 radical (unpaired) electrons. The van der Waals surface area contributed by atoms with Crippen molar-refractivity contribution in [3.05, 3.63) is 28.6 Å². The van der Waals surface area contributed by atoms with Crippen molar-refractivity contribution in [3.8, 4) is 5.00 Å². The van der Waals surface area contributed by atoms with Gasteiger partial charge in [-0.1, -0.05) is 22.9 Å². The van der Waals surface area contributed by atoms with Crippen LogP contribution in [0.2, 0.25) is 4.47 Å². The molecule has 2 aromatic heterocycles. The molecule has 0 fully saturated rings. The van der Waals surface area contributed by atoms with E-state index in [-0.39, 0.29) is 12.4 Å². The molecule has 0 N–H and O–H groups in total. The number of halogens is 1. The van der Waals surface area contributed by atoms with E-state index in [4.69, 9.17) is 16.3 Å². The molecule has 0 atom stereocenters. The second kappa shape index (κ2) is 5.29. The van der Waals surface area contributed by atoms with Crippen molar-refractivity contribution in [2.24, 2.45) is 0 Å². The summed E-state index contributed by atoms with van der Waals surface area (Å²) in [7, 11) is 0. The highest BCUT2D eigenvalue weighted by molar-refractivity contribution is 7.18. The van der Waals surface area contributed by atoms with Crippen LogP contribution in [0.4, 0.5) is 0 Å². The van der Waals surface area contributed by atoms with Gasteiger partial charge in [0, 0.05) is 6.20 Å². The summed E-state index contributed by atoms with van der Waals surface area (Å²) in [6.45, 7) is 2.15. The summed E-state index contributed by atoms with van der Waals surface area (Å²) < 4.78 is 6.94. The topological polar surface area (TPSA) is 57.0 Å². The predicted molar refractivity (Wildman–Crippen MR) is 64.6 cm³/mol. The summed E-state index contributed by atoms with van der Waals surface area (Å²) in [6.07, 6.45) is 3.57. The third-order valence-corrected chi connectivity index (χ3v) is 3.07. The highest BCUT2D eigenvalue weighted by Crippen LogP contribution is 2.21. The summed E-state index contributed by atoms with van der Waals surface area (Å²) >= 11 is 7.06. The molecule has 0 amide bonds. The lowest BCUT2D eigenvalue weighted by Gasteiger charge is -1.98. The van der Waals surface area contributed by atoms with Gasteiger partial charge in [0.2, 0.25) is 0 Å². The molecule has 2 heterocycles. The van der Waals surface area contributed by atoms with E-state index in [1.54, 1.807) is 30.1 Å². The van der Waals surface area contributed by atoms with Crippen molar-refractivity contribution in [1.29, 1.82) is 0 Å². The average molecular weight is 272 g/mol. The third-order valence-electron chi connectivity index (χ3n) is 1.97.